The molecule has 16 heavy (non-hydrogen) atoms. The molecule has 0 saturated carbocycles. The Labute approximate surface area is 94.1 Å². The molecule has 2 N–H and O–H groups in total. The molecule has 0 fully saturated rings. The number of halogens is 1. The minimum Gasteiger partial charge on any atom is -0.489 e. The fourth-order valence-electron chi connectivity index (χ4n) is 1.06. The van der Waals surface area contributed by atoms with Crippen LogP contribution in [0.5, 0.6) is 5.75 Å². The second-order valence-electron chi connectivity index (χ2n) is 3.27. The summed E-state index contributed by atoms with van der Waals surface area (Å²) in [6, 6.07) is 4.00. The molecule has 0 unspecified atom stereocenters. The van der Waals surface area contributed by atoms with Crippen molar-refractivity contribution in [2.24, 2.45) is 0 Å². The number of rotatable bonds is 5. The quantitative estimate of drug-likeness (QED) is 0.794. The lowest BCUT2D eigenvalue weighted by molar-refractivity contribution is 0.322. The number of hydrogen-bond acceptors (Lipinski definition) is 4. The predicted octanol–water partition coefficient (Wildman–Crippen LogP) is 1.22. The molecule has 0 heterocycles. The lowest BCUT2D eigenvalue weighted by Crippen LogP contribution is -2.15. The smallest absolute Gasteiger partial charge is 0.167 e. The first-order valence-electron chi connectivity index (χ1n) is 4.83. The molecule has 0 saturated heterocycles. The van der Waals surface area contributed by atoms with Crippen molar-refractivity contribution in [1.82, 2.24) is 0 Å². The molecular weight excluding hydrogens is 233 g/mol. The molecule has 0 radical (unpaired) electrons. The number of ether oxygens (including phenoxy) is 1. The van der Waals surface area contributed by atoms with Crippen LogP contribution in [-0.2, 0) is 9.84 Å². The largest absolute Gasteiger partial charge is 0.489 e. The van der Waals surface area contributed by atoms with Crippen LogP contribution in [0, 0.1) is 5.82 Å². The van der Waals surface area contributed by atoms with E-state index < -0.39 is 15.7 Å². The molecule has 6 heteroatoms. The molecule has 0 aliphatic carbocycles. The maximum absolute atomic E-state index is 13.2. The Bertz CT molecular complexity index is 459. The number of sulfone groups is 1. The van der Waals surface area contributed by atoms with Crippen molar-refractivity contribution in [3.05, 3.63) is 24.0 Å². The van der Waals surface area contributed by atoms with Gasteiger partial charge in [-0.05, 0) is 12.1 Å². The van der Waals surface area contributed by atoms with E-state index in [0.717, 1.165) is 6.07 Å². The van der Waals surface area contributed by atoms with Gasteiger partial charge in [0.15, 0.2) is 21.4 Å². The van der Waals surface area contributed by atoms with E-state index in [2.05, 4.69) is 0 Å². The van der Waals surface area contributed by atoms with Crippen molar-refractivity contribution >= 4 is 15.5 Å². The molecular formula is C10H14FNO3S. The number of hydrogen-bond donors (Lipinski definition) is 1. The molecule has 0 bridgehead atoms. The SMILES string of the molecule is CCS(=O)(=O)CCOc1ccc(N)cc1F. The van der Waals surface area contributed by atoms with Crippen LogP contribution in [0.2, 0.25) is 0 Å². The Hall–Kier alpha value is -1.30. The highest BCUT2D eigenvalue weighted by atomic mass is 32.2. The van der Waals surface area contributed by atoms with Crippen LogP contribution in [0.4, 0.5) is 10.1 Å². The third-order valence-electron chi connectivity index (χ3n) is 2.05. The summed E-state index contributed by atoms with van der Waals surface area (Å²) in [4.78, 5) is 0. The molecule has 1 aromatic carbocycles. The van der Waals surface area contributed by atoms with Gasteiger partial charge in [0, 0.05) is 17.5 Å². The summed E-state index contributed by atoms with van der Waals surface area (Å²) in [5.41, 5.74) is 5.65. The zero-order valence-electron chi connectivity index (χ0n) is 8.94. The predicted molar refractivity (Wildman–Crippen MR) is 60.6 cm³/mol. The minimum atomic E-state index is -3.08. The van der Waals surface area contributed by atoms with Crippen molar-refractivity contribution in [2.75, 3.05) is 23.8 Å². The minimum absolute atomic E-state index is 0.0144. The first-order valence-corrected chi connectivity index (χ1v) is 6.65. The van der Waals surface area contributed by atoms with Crippen LogP contribution in [0.25, 0.3) is 0 Å². The van der Waals surface area contributed by atoms with Gasteiger partial charge in [-0.3, -0.25) is 0 Å². The molecule has 4 nitrogen and oxygen atoms in total. The fourth-order valence-corrected chi connectivity index (χ4v) is 1.68. The molecule has 0 atom stereocenters. The third kappa shape index (κ3) is 3.69. The van der Waals surface area contributed by atoms with Gasteiger partial charge in [0.25, 0.3) is 0 Å². The summed E-state index contributed by atoms with van der Waals surface area (Å²) in [5, 5.41) is 0. The molecule has 0 aliphatic rings. The highest BCUT2D eigenvalue weighted by Crippen LogP contribution is 2.19. The Morgan fingerprint density at radius 2 is 2.12 bits per heavy atom. The Morgan fingerprint density at radius 3 is 2.69 bits per heavy atom. The normalized spacial score (nSPS) is 11.4. The summed E-state index contributed by atoms with van der Waals surface area (Å²) in [6.07, 6.45) is 0. The van der Waals surface area contributed by atoms with E-state index in [-0.39, 0.29) is 23.9 Å². The van der Waals surface area contributed by atoms with Crippen LogP contribution in [0.1, 0.15) is 6.92 Å². The first kappa shape index (κ1) is 12.8. The van der Waals surface area contributed by atoms with Gasteiger partial charge >= 0.3 is 0 Å². The van der Waals surface area contributed by atoms with Crippen molar-refractivity contribution in [1.29, 1.82) is 0 Å². The lowest BCUT2D eigenvalue weighted by atomic mass is 10.3. The molecule has 0 aliphatic heterocycles. The van der Waals surface area contributed by atoms with E-state index in [1.54, 1.807) is 6.92 Å². The second kappa shape index (κ2) is 5.16. The first-order chi connectivity index (χ1) is 7.44. The summed E-state index contributed by atoms with van der Waals surface area (Å²) in [6.45, 7) is 1.50. The highest BCUT2D eigenvalue weighted by molar-refractivity contribution is 7.91. The van der Waals surface area contributed by atoms with E-state index in [1.807, 2.05) is 0 Å². The molecule has 90 valence electrons. The van der Waals surface area contributed by atoms with Crippen molar-refractivity contribution in [3.8, 4) is 5.75 Å². The standard InChI is InChI=1S/C10H14FNO3S/c1-2-16(13,14)6-5-15-10-4-3-8(12)7-9(10)11/h3-4,7H,2,5-6,12H2,1H3. The molecule has 0 aromatic heterocycles. The molecule has 1 aromatic rings. The Kier molecular flexibility index (Phi) is 4.12. The van der Waals surface area contributed by atoms with E-state index in [4.69, 9.17) is 10.5 Å². The van der Waals surface area contributed by atoms with Gasteiger partial charge in [0.1, 0.15) is 6.61 Å². The van der Waals surface area contributed by atoms with Crippen molar-refractivity contribution < 1.29 is 17.5 Å². The summed E-state index contributed by atoms with van der Waals surface area (Å²) >= 11 is 0. The van der Waals surface area contributed by atoms with Gasteiger partial charge < -0.3 is 10.5 Å². The van der Waals surface area contributed by atoms with E-state index >= 15 is 0 Å². The average molecular weight is 247 g/mol. The zero-order chi connectivity index (χ0) is 12.2. The molecule has 0 spiro atoms. The average Bonchev–Trinajstić information content (AvgIpc) is 2.21. The highest BCUT2D eigenvalue weighted by Gasteiger charge is 2.09. The van der Waals surface area contributed by atoms with E-state index in [0.29, 0.717) is 5.69 Å². The molecule has 1 rings (SSSR count). The van der Waals surface area contributed by atoms with E-state index in [1.165, 1.54) is 12.1 Å². The summed E-state index contributed by atoms with van der Waals surface area (Å²) in [7, 11) is -3.08. The van der Waals surface area contributed by atoms with Crippen molar-refractivity contribution in [2.45, 2.75) is 6.92 Å². The summed E-state index contributed by atoms with van der Waals surface area (Å²) in [5.74, 6) is -0.636. The van der Waals surface area contributed by atoms with Gasteiger partial charge in [-0.2, -0.15) is 0 Å². The third-order valence-corrected chi connectivity index (χ3v) is 3.72. The van der Waals surface area contributed by atoms with Crippen LogP contribution in [0.3, 0.4) is 0 Å². The van der Waals surface area contributed by atoms with Crippen LogP contribution >= 0.6 is 0 Å². The maximum atomic E-state index is 13.2. The number of benzene rings is 1. The maximum Gasteiger partial charge on any atom is 0.167 e. The van der Waals surface area contributed by atoms with Crippen molar-refractivity contribution in [3.63, 3.8) is 0 Å². The molecule has 0 amide bonds. The van der Waals surface area contributed by atoms with Gasteiger partial charge in [0.2, 0.25) is 0 Å². The number of nitrogen functional groups attached to an aromatic ring is 1. The Morgan fingerprint density at radius 1 is 1.44 bits per heavy atom. The van der Waals surface area contributed by atoms with Gasteiger partial charge in [-0.15, -0.1) is 0 Å². The van der Waals surface area contributed by atoms with Gasteiger partial charge in [-0.25, -0.2) is 12.8 Å². The number of anilines is 1. The van der Waals surface area contributed by atoms with Gasteiger partial charge in [0.05, 0.1) is 5.75 Å². The van der Waals surface area contributed by atoms with Gasteiger partial charge in [-0.1, -0.05) is 6.92 Å². The lowest BCUT2D eigenvalue weighted by Gasteiger charge is -2.07. The monoisotopic (exact) mass is 247 g/mol. The zero-order valence-corrected chi connectivity index (χ0v) is 9.76. The Balaban J connectivity index is 2.56. The fraction of sp³-hybridized carbons (Fsp3) is 0.400. The van der Waals surface area contributed by atoms with Crippen LogP contribution in [0.15, 0.2) is 18.2 Å². The van der Waals surface area contributed by atoms with E-state index in [9.17, 15) is 12.8 Å². The second-order valence-corrected chi connectivity index (χ2v) is 5.75. The number of nitrogens with two attached hydrogens (primary N) is 1. The van der Waals surface area contributed by atoms with Crippen LogP contribution in [-0.4, -0.2) is 26.5 Å². The topological polar surface area (TPSA) is 69.4 Å². The summed E-state index contributed by atoms with van der Waals surface area (Å²) < 4.78 is 40.5. The van der Waals surface area contributed by atoms with Crippen LogP contribution < -0.4 is 10.5 Å².